The summed E-state index contributed by atoms with van der Waals surface area (Å²) in [6.07, 6.45) is 2.18. The normalized spacial score (nSPS) is 10.9. The molecule has 0 spiro atoms. The zero-order valence-corrected chi connectivity index (χ0v) is 9.48. The summed E-state index contributed by atoms with van der Waals surface area (Å²) in [4.78, 5) is 10.4. The van der Waals surface area contributed by atoms with Crippen molar-refractivity contribution in [3.63, 3.8) is 0 Å². The number of nitrogens with zero attached hydrogens (tertiary/aromatic N) is 4. The van der Waals surface area contributed by atoms with E-state index in [0.717, 1.165) is 11.6 Å². The van der Waals surface area contributed by atoms with Crippen LogP contribution in [0.3, 0.4) is 0 Å². The molecule has 0 unspecified atom stereocenters. The fraction of sp³-hybridized carbons (Fsp3) is 0.0909. The van der Waals surface area contributed by atoms with Crippen molar-refractivity contribution in [1.82, 2.24) is 20.2 Å². The average molecular weight is 246 g/mol. The molecule has 1 aromatic carbocycles. The topological polar surface area (TPSA) is 101 Å². The third-order valence-electron chi connectivity index (χ3n) is 2.23. The van der Waals surface area contributed by atoms with Gasteiger partial charge < -0.3 is 10.2 Å². The van der Waals surface area contributed by atoms with Gasteiger partial charge in [0.05, 0.1) is 0 Å². The fourth-order valence-corrected chi connectivity index (χ4v) is 1.43. The predicted octanol–water partition coefficient (Wildman–Crippen LogP) is 0.774. The van der Waals surface area contributed by atoms with Crippen LogP contribution in [-0.2, 0) is 4.79 Å². The van der Waals surface area contributed by atoms with Gasteiger partial charge in [0.25, 0.3) is 0 Å². The molecule has 0 saturated heterocycles. The Morgan fingerprint density at radius 2 is 2.22 bits per heavy atom. The van der Waals surface area contributed by atoms with Crippen LogP contribution in [0.5, 0.6) is 5.75 Å². The van der Waals surface area contributed by atoms with E-state index in [0.29, 0.717) is 5.69 Å². The Morgan fingerprint density at radius 3 is 2.89 bits per heavy atom. The summed E-state index contributed by atoms with van der Waals surface area (Å²) in [5.41, 5.74) is 1.28. The minimum absolute atomic E-state index is 0.0206. The first-order valence-corrected chi connectivity index (χ1v) is 5.07. The standard InChI is InChI=1S/C11H10N4O3/c1-7-2-3-8(9(16)6-7)15-10(12-13-14-15)4-5-11(17)18/h2-6,16H,1H3,(H,17,18)/b5-4+. The largest absolute Gasteiger partial charge is 0.506 e. The summed E-state index contributed by atoms with van der Waals surface area (Å²) in [5, 5.41) is 29.2. The fourth-order valence-electron chi connectivity index (χ4n) is 1.43. The van der Waals surface area contributed by atoms with Gasteiger partial charge in [-0.1, -0.05) is 6.07 Å². The predicted molar refractivity (Wildman–Crippen MR) is 62.2 cm³/mol. The molecular formula is C11H10N4O3. The summed E-state index contributed by atoms with van der Waals surface area (Å²) >= 11 is 0. The maximum Gasteiger partial charge on any atom is 0.328 e. The molecule has 18 heavy (non-hydrogen) atoms. The third-order valence-corrected chi connectivity index (χ3v) is 2.23. The average Bonchev–Trinajstić information content (AvgIpc) is 2.74. The van der Waals surface area contributed by atoms with Crippen LogP contribution in [0, 0.1) is 6.92 Å². The number of tetrazole rings is 1. The number of aromatic nitrogens is 4. The number of phenols is 1. The van der Waals surface area contributed by atoms with Gasteiger partial charge in [0.1, 0.15) is 11.4 Å². The monoisotopic (exact) mass is 246 g/mol. The minimum atomic E-state index is -1.10. The molecule has 0 atom stereocenters. The van der Waals surface area contributed by atoms with E-state index in [1.165, 1.54) is 10.8 Å². The molecular weight excluding hydrogens is 236 g/mol. The molecule has 0 bridgehead atoms. The number of carbonyl (C=O) groups is 1. The van der Waals surface area contributed by atoms with E-state index in [1.807, 2.05) is 6.92 Å². The molecule has 0 radical (unpaired) electrons. The smallest absolute Gasteiger partial charge is 0.328 e. The highest BCUT2D eigenvalue weighted by Gasteiger charge is 2.10. The number of carboxylic acid groups (broad SMARTS) is 1. The quantitative estimate of drug-likeness (QED) is 0.776. The lowest BCUT2D eigenvalue weighted by Gasteiger charge is -2.05. The van der Waals surface area contributed by atoms with Crippen LogP contribution in [-0.4, -0.2) is 36.4 Å². The molecule has 92 valence electrons. The van der Waals surface area contributed by atoms with Crippen LogP contribution < -0.4 is 0 Å². The molecule has 1 heterocycles. The number of aryl methyl sites for hydroxylation is 1. The van der Waals surface area contributed by atoms with Crippen molar-refractivity contribution in [3.8, 4) is 11.4 Å². The van der Waals surface area contributed by atoms with Gasteiger partial charge >= 0.3 is 5.97 Å². The first kappa shape index (κ1) is 11.8. The third kappa shape index (κ3) is 2.34. The van der Waals surface area contributed by atoms with Crippen LogP contribution in [0.1, 0.15) is 11.4 Å². The summed E-state index contributed by atoms with van der Waals surface area (Å²) in [7, 11) is 0. The number of aromatic hydroxyl groups is 1. The summed E-state index contributed by atoms with van der Waals surface area (Å²) in [5.74, 6) is -0.860. The SMILES string of the molecule is Cc1ccc(-n2nnnc2/C=C/C(=O)O)c(O)c1. The molecule has 7 heteroatoms. The number of aliphatic carboxylic acids is 1. The van der Waals surface area contributed by atoms with Crippen molar-refractivity contribution in [2.45, 2.75) is 6.92 Å². The second-order valence-corrected chi connectivity index (χ2v) is 3.61. The van der Waals surface area contributed by atoms with Gasteiger partial charge in [-0.15, -0.1) is 5.10 Å². The second kappa shape index (κ2) is 4.66. The summed E-state index contributed by atoms with van der Waals surface area (Å²) in [6, 6.07) is 5.02. The Kier molecular flexibility index (Phi) is 3.05. The molecule has 7 nitrogen and oxygen atoms in total. The second-order valence-electron chi connectivity index (χ2n) is 3.61. The molecule has 2 rings (SSSR count). The number of benzene rings is 1. The molecule has 0 fully saturated rings. The Bertz CT molecular complexity index is 619. The van der Waals surface area contributed by atoms with Crippen molar-refractivity contribution in [1.29, 1.82) is 0 Å². The van der Waals surface area contributed by atoms with Gasteiger partial charge in [-0.25, -0.2) is 4.79 Å². The zero-order chi connectivity index (χ0) is 13.1. The maximum absolute atomic E-state index is 10.4. The lowest BCUT2D eigenvalue weighted by atomic mass is 10.2. The molecule has 2 aromatic rings. The van der Waals surface area contributed by atoms with Gasteiger partial charge in [-0.3, -0.25) is 0 Å². The summed E-state index contributed by atoms with van der Waals surface area (Å²) in [6.45, 7) is 1.84. The zero-order valence-electron chi connectivity index (χ0n) is 9.48. The molecule has 0 aliphatic carbocycles. The molecule has 0 aliphatic heterocycles. The van der Waals surface area contributed by atoms with Gasteiger partial charge in [0.2, 0.25) is 0 Å². The number of hydrogen-bond acceptors (Lipinski definition) is 5. The minimum Gasteiger partial charge on any atom is -0.506 e. The Hall–Kier alpha value is -2.70. The lowest BCUT2D eigenvalue weighted by molar-refractivity contribution is -0.131. The molecule has 1 aromatic heterocycles. The van der Waals surface area contributed by atoms with Crippen molar-refractivity contribution in [3.05, 3.63) is 35.7 Å². The van der Waals surface area contributed by atoms with Crippen molar-refractivity contribution >= 4 is 12.0 Å². The van der Waals surface area contributed by atoms with Gasteiger partial charge in [-0.05, 0) is 41.1 Å². The van der Waals surface area contributed by atoms with E-state index in [1.54, 1.807) is 18.2 Å². The van der Waals surface area contributed by atoms with Crippen LogP contribution in [0.2, 0.25) is 0 Å². The van der Waals surface area contributed by atoms with E-state index in [4.69, 9.17) is 5.11 Å². The van der Waals surface area contributed by atoms with Crippen molar-refractivity contribution in [2.24, 2.45) is 0 Å². The lowest BCUT2D eigenvalue weighted by Crippen LogP contribution is -2.00. The van der Waals surface area contributed by atoms with Gasteiger partial charge in [0, 0.05) is 6.08 Å². The molecule has 0 aliphatic rings. The van der Waals surface area contributed by atoms with E-state index in [2.05, 4.69) is 15.5 Å². The van der Waals surface area contributed by atoms with Gasteiger partial charge in [-0.2, -0.15) is 4.68 Å². The van der Waals surface area contributed by atoms with E-state index < -0.39 is 5.97 Å². The number of carboxylic acids is 1. The number of phenolic OH excluding ortho intramolecular Hbond substituents is 1. The highest BCUT2D eigenvalue weighted by molar-refractivity contribution is 5.84. The van der Waals surface area contributed by atoms with Crippen LogP contribution in [0.25, 0.3) is 11.8 Å². The van der Waals surface area contributed by atoms with Crippen molar-refractivity contribution in [2.75, 3.05) is 0 Å². The highest BCUT2D eigenvalue weighted by Crippen LogP contribution is 2.22. The highest BCUT2D eigenvalue weighted by atomic mass is 16.4. The molecule has 0 amide bonds. The van der Waals surface area contributed by atoms with Crippen molar-refractivity contribution < 1.29 is 15.0 Å². The van der Waals surface area contributed by atoms with E-state index in [9.17, 15) is 9.90 Å². The summed E-state index contributed by atoms with van der Waals surface area (Å²) < 4.78 is 1.26. The maximum atomic E-state index is 10.4. The first-order valence-electron chi connectivity index (χ1n) is 5.07. The van der Waals surface area contributed by atoms with Crippen LogP contribution in [0.4, 0.5) is 0 Å². The van der Waals surface area contributed by atoms with Crippen LogP contribution >= 0.6 is 0 Å². The Labute approximate surface area is 102 Å². The first-order chi connectivity index (χ1) is 8.58. The Morgan fingerprint density at radius 1 is 1.44 bits per heavy atom. The molecule has 2 N–H and O–H groups in total. The van der Waals surface area contributed by atoms with Gasteiger partial charge in [0.15, 0.2) is 5.82 Å². The number of rotatable bonds is 3. The van der Waals surface area contributed by atoms with Crippen LogP contribution in [0.15, 0.2) is 24.3 Å². The number of hydrogen-bond donors (Lipinski definition) is 2. The van der Waals surface area contributed by atoms with E-state index >= 15 is 0 Å². The van der Waals surface area contributed by atoms with E-state index in [-0.39, 0.29) is 11.6 Å². The molecule has 0 saturated carbocycles. The Balaban J connectivity index is 2.45.